The van der Waals surface area contributed by atoms with Crippen LogP contribution in [-0.4, -0.2) is 18.6 Å². The molecule has 0 aliphatic carbocycles. The maximum absolute atomic E-state index is 12.4. The highest BCUT2D eigenvalue weighted by Crippen LogP contribution is 2.22. The van der Waals surface area contributed by atoms with E-state index in [1.165, 1.54) is 0 Å². The number of aromatic amines is 1. The van der Waals surface area contributed by atoms with Crippen molar-refractivity contribution in [2.24, 2.45) is 0 Å². The average Bonchev–Trinajstić information content (AvgIpc) is 3.02. The van der Waals surface area contributed by atoms with Crippen LogP contribution in [0.1, 0.15) is 18.2 Å². The molecule has 0 radical (unpaired) electrons. The van der Waals surface area contributed by atoms with Crippen molar-refractivity contribution >= 4 is 15.7 Å². The maximum atomic E-state index is 12.4. The van der Waals surface area contributed by atoms with Gasteiger partial charge in [-0.15, -0.1) is 0 Å². The lowest BCUT2D eigenvalue weighted by Gasteiger charge is -2.09. The fourth-order valence-electron chi connectivity index (χ4n) is 2.39. The third-order valence-corrected chi connectivity index (χ3v) is 5.18. The summed E-state index contributed by atoms with van der Waals surface area (Å²) < 4.78 is 27.5. The van der Waals surface area contributed by atoms with Gasteiger partial charge in [0.05, 0.1) is 10.6 Å². The van der Waals surface area contributed by atoms with Gasteiger partial charge in [0, 0.05) is 16.9 Å². The molecule has 6 heteroatoms. The summed E-state index contributed by atoms with van der Waals surface area (Å²) in [6.07, 6.45) is 0.877. The zero-order valence-electron chi connectivity index (χ0n) is 13.6. The zero-order valence-corrected chi connectivity index (χ0v) is 14.4. The molecular weight excluding hydrogens is 322 g/mol. The van der Waals surface area contributed by atoms with Gasteiger partial charge in [-0.2, -0.15) is 5.10 Å². The Morgan fingerprint density at radius 1 is 1.04 bits per heavy atom. The molecule has 0 unspecified atom stereocenters. The number of aromatic nitrogens is 2. The molecule has 0 spiro atoms. The van der Waals surface area contributed by atoms with Crippen LogP contribution in [0.15, 0.2) is 59.5 Å². The normalized spacial score (nSPS) is 11.4. The quantitative estimate of drug-likeness (QED) is 0.742. The highest BCUT2D eigenvalue weighted by Gasteiger charge is 2.14. The second kappa shape index (κ2) is 6.49. The predicted molar refractivity (Wildman–Crippen MR) is 95.4 cm³/mol. The molecule has 3 rings (SSSR count). The summed E-state index contributed by atoms with van der Waals surface area (Å²) >= 11 is 0. The molecule has 0 aliphatic heterocycles. The monoisotopic (exact) mass is 341 g/mol. The van der Waals surface area contributed by atoms with E-state index < -0.39 is 10.0 Å². The maximum Gasteiger partial charge on any atom is 0.261 e. The number of anilines is 1. The van der Waals surface area contributed by atoms with Gasteiger partial charge in [0.1, 0.15) is 0 Å². The highest BCUT2D eigenvalue weighted by molar-refractivity contribution is 7.92. The van der Waals surface area contributed by atoms with E-state index in [2.05, 4.69) is 14.9 Å². The lowest BCUT2D eigenvalue weighted by Crippen LogP contribution is -2.12. The van der Waals surface area contributed by atoms with Crippen molar-refractivity contribution in [3.8, 4) is 11.3 Å². The van der Waals surface area contributed by atoms with Crippen LogP contribution in [0, 0.1) is 6.92 Å². The SMILES string of the molecule is CCc1ccc(S(=O)(=O)Nc2ccc(-c3cc(C)[nH]n3)cc2)cc1. The van der Waals surface area contributed by atoms with Crippen LogP contribution in [0.2, 0.25) is 0 Å². The van der Waals surface area contributed by atoms with E-state index in [1.807, 2.05) is 44.2 Å². The summed E-state index contributed by atoms with van der Waals surface area (Å²) in [5.41, 5.74) is 4.36. The number of benzene rings is 2. The number of rotatable bonds is 5. The first kappa shape index (κ1) is 16.3. The molecule has 24 heavy (non-hydrogen) atoms. The fourth-order valence-corrected chi connectivity index (χ4v) is 3.45. The van der Waals surface area contributed by atoms with Crippen LogP contribution in [0.25, 0.3) is 11.3 Å². The van der Waals surface area contributed by atoms with Crippen LogP contribution in [0.5, 0.6) is 0 Å². The summed E-state index contributed by atoms with van der Waals surface area (Å²) in [6, 6.07) is 16.0. The van der Waals surface area contributed by atoms with E-state index in [4.69, 9.17) is 0 Å². The molecule has 124 valence electrons. The second-order valence-corrected chi connectivity index (χ2v) is 7.30. The lowest BCUT2D eigenvalue weighted by molar-refractivity contribution is 0.601. The van der Waals surface area contributed by atoms with Gasteiger partial charge >= 0.3 is 0 Å². The number of hydrogen-bond donors (Lipinski definition) is 2. The van der Waals surface area contributed by atoms with Crippen molar-refractivity contribution in [3.63, 3.8) is 0 Å². The van der Waals surface area contributed by atoms with Crippen molar-refractivity contribution in [3.05, 3.63) is 65.9 Å². The standard InChI is InChI=1S/C18H19N3O2S/c1-3-14-4-10-17(11-5-14)24(22,23)21-16-8-6-15(7-9-16)18-12-13(2)19-20-18/h4-12,21H,3H2,1-2H3,(H,19,20). The number of hydrogen-bond acceptors (Lipinski definition) is 3. The summed E-state index contributed by atoms with van der Waals surface area (Å²) in [4.78, 5) is 0.256. The Balaban J connectivity index is 1.79. The van der Waals surface area contributed by atoms with E-state index in [0.29, 0.717) is 5.69 Å². The third-order valence-electron chi connectivity index (χ3n) is 3.78. The van der Waals surface area contributed by atoms with Gasteiger partial charge in [-0.3, -0.25) is 9.82 Å². The van der Waals surface area contributed by atoms with E-state index >= 15 is 0 Å². The summed E-state index contributed by atoms with van der Waals surface area (Å²) in [7, 11) is -3.58. The molecular formula is C18H19N3O2S. The third kappa shape index (κ3) is 3.49. The average molecular weight is 341 g/mol. The van der Waals surface area contributed by atoms with Crippen LogP contribution in [0.4, 0.5) is 5.69 Å². The molecule has 0 saturated carbocycles. The first-order chi connectivity index (χ1) is 11.5. The van der Waals surface area contributed by atoms with E-state index in [-0.39, 0.29) is 4.90 Å². The summed E-state index contributed by atoms with van der Waals surface area (Å²) in [5, 5.41) is 7.08. The Labute approximate surface area is 141 Å². The molecule has 1 heterocycles. The van der Waals surface area contributed by atoms with Crippen LogP contribution in [0.3, 0.4) is 0 Å². The molecule has 0 fully saturated rings. The highest BCUT2D eigenvalue weighted by atomic mass is 32.2. The van der Waals surface area contributed by atoms with Crippen molar-refractivity contribution < 1.29 is 8.42 Å². The fraction of sp³-hybridized carbons (Fsp3) is 0.167. The Kier molecular flexibility index (Phi) is 4.40. The van der Waals surface area contributed by atoms with Crippen LogP contribution < -0.4 is 4.72 Å². The van der Waals surface area contributed by atoms with Gasteiger partial charge in [-0.05, 0) is 49.2 Å². The zero-order chi connectivity index (χ0) is 17.2. The van der Waals surface area contributed by atoms with Crippen LogP contribution in [-0.2, 0) is 16.4 Å². The van der Waals surface area contributed by atoms with Crippen LogP contribution >= 0.6 is 0 Å². The number of sulfonamides is 1. The summed E-state index contributed by atoms with van der Waals surface area (Å²) in [6.45, 7) is 3.97. The van der Waals surface area contributed by atoms with Gasteiger partial charge in [-0.1, -0.05) is 31.2 Å². The number of nitrogens with one attached hydrogen (secondary N) is 2. The number of H-pyrrole nitrogens is 1. The molecule has 0 atom stereocenters. The first-order valence-corrected chi connectivity index (χ1v) is 9.20. The molecule has 0 aliphatic rings. The minimum atomic E-state index is -3.58. The smallest absolute Gasteiger partial charge is 0.261 e. The van der Waals surface area contributed by atoms with Gasteiger partial charge in [0.2, 0.25) is 0 Å². The molecule has 2 N–H and O–H groups in total. The van der Waals surface area contributed by atoms with Gasteiger partial charge < -0.3 is 0 Å². The molecule has 1 aromatic heterocycles. The van der Waals surface area contributed by atoms with Gasteiger partial charge in [0.25, 0.3) is 10.0 Å². The van der Waals surface area contributed by atoms with Gasteiger partial charge in [-0.25, -0.2) is 8.42 Å². The molecule has 5 nitrogen and oxygen atoms in total. The predicted octanol–water partition coefficient (Wildman–Crippen LogP) is 3.75. The van der Waals surface area contributed by atoms with E-state index in [1.54, 1.807) is 24.3 Å². The number of nitrogens with zero attached hydrogens (tertiary/aromatic N) is 1. The van der Waals surface area contributed by atoms with Gasteiger partial charge in [0.15, 0.2) is 0 Å². The number of aryl methyl sites for hydroxylation is 2. The Hall–Kier alpha value is -2.60. The van der Waals surface area contributed by atoms with Crippen molar-refractivity contribution in [1.82, 2.24) is 10.2 Å². The summed E-state index contributed by atoms with van der Waals surface area (Å²) in [5.74, 6) is 0. The topological polar surface area (TPSA) is 74.8 Å². The largest absolute Gasteiger partial charge is 0.282 e. The first-order valence-electron chi connectivity index (χ1n) is 7.72. The van der Waals surface area contributed by atoms with Crippen molar-refractivity contribution in [2.45, 2.75) is 25.2 Å². The van der Waals surface area contributed by atoms with Crippen molar-refractivity contribution in [1.29, 1.82) is 0 Å². The second-order valence-electron chi connectivity index (χ2n) is 5.62. The molecule has 3 aromatic rings. The molecule has 0 saturated heterocycles. The lowest BCUT2D eigenvalue weighted by atomic mass is 10.1. The molecule has 0 amide bonds. The van der Waals surface area contributed by atoms with Crippen molar-refractivity contribution in [2.75, 3.05) is 4.72 Å². The Morgan fingerprint density at radius 2 is 1.71 bits per heavy atom. The minimum absolute atomic E-state index is 0.256. The molecule has 2 aromatic carbocycles. The Bertz CT molecular complexity index is 927. The van der Waals surface area contributed by atoms with E-state index in [9.17, 15) is 8.42 Å². The minimum Gasteiger partial charge on any atom is -0.282 e. The van der Waals surface area contributed by atoms with E-state index in [0.717, 1.165) is 28.9 Å². The molecule has 0 bridgehead atoms. The Morgan fingerprint density at radius 3 is 2.25 bits per heavy atom.